The summed E-state index contributed by atoms with van der Waals surface area (Å²) in [4.78, 5) is 16.7. The van der Waals surface area contributed by atoms with Crippen LogP contribution in [-0.4, -0.2) is 25.3 Å². The highest BCUT2D eigenvalue weighted by Crippen LogP contribution is 2.18. The number of alkyl halides is 2. The maximum atomic E-state index is 12.3. The van der Waals surface area contributed by atoms with E-state index in [-0.39, 0.29) is 24.3 Å². The Morgan fingerprint density at radius 2 is 1.84 bits per heavy atom. The Kier molecular flexibility index (Phi) is 6.88. The topological polar surface area (TPSA) is 59.9 Å². The van der Waals surface area contributed by atoms with Gasteiger partial charge in [-0.1, -0.05) is 47.6 Å². The molecule has 1 N–H and O–H groups in total. The highest BCUT2D eigenvalue weighted by Gasteiger charge is 2.10. The van der Waals surface area contributed by atoms with Gasteiger partial charge in [0.1, 0.15) is 5.75 Å². The number of nitrogens with zero attached hydrogens (tertiary/aromatic N) is 1. The molecule has 0 unspecified atom stereocenters. The molecule has 0 saturated heterocycles. The van der Waals surface area contributed by atoms with Gasteiger partial charge in [-0.25, -0.2) is 0 Å². The predicted octanol–water partition coefficient (Wildman–Crippen LogP) is 3.52. The zero-order valence-electron chi connectivity index (χ0n) is 13.6. The molecule has 0 radical (unpaired) electrons. The van der Waals surface area contributed by atoms with Crippen LogP contribution in [0.5, 0.6) is 5.75 Å². The smallest absolute Gasteiger partial charge is 0.387 e. The second-order valence-corrected chi connectivity index (χ2v) is 5.12. The summed E-state index contributed by atoms with van der Waals surface area (Å²) in [6.07, 6.45) is 1.21. The van der Waals surface area contributed by atoms with E-state index in [0.717, 1.165) is 5.56 Å². The van der Waals surface area contributed by atoms with Crippen molar-refractivity contribution >= 4 is 12.1 Å². The van der Waals surface area contributed by atoms with Gasteiger partial charge in [0, 0.05) is 5.56 Å². The van der Waals surface area contributed by atoms with Gasteiger partial charge in [0.2, 0.25) is 0 Å². The zero-order valence-corrected chi connectivity index (χ0v) is 13.6. The van der Waals surface area contributed by atoms with Gasteiger partial charge < -0.3 is 14.9 Å². The van der Waals surface area contributed by atoms with Crippen molar-refractivity contribution in [1.82, 2.24) is 5.32 Å². The molecule has 0 fully saturated rings. The monoisotopic (exact) mass is 348 g/mol. The standard InChI is InChI=1S/C18H18F2N2O3/c1-13(14-7-3-2-4-8-14)22-17(23)12-24-21-11-15-9-5-6-10-16(15)25-18(19)20/h2-11,13,18H,12H2,1H3,(H,22,23)/b21-11-/t13-/m1/s1. The number of carbonyl (C=O) groups excluding carboxylic acids is 1. The van der Waals surface area contributed by atoms with Crippen LogP contribution in [0.15, 0.2) is 59.8 Å². The van der Waals surface area contributed by atoms with Crippen LogP contribution in [-0.2, 0) is 9.63 Å². The summed E-state index contributed by atoms with van der Waals surface area (Å²) in [5, 5.41) is 6.39. The average molecular weight is 348 g/mol. The van der Waals surface area contributed by atoms with Crippen molar-refractivity contribution in [3.8, 4) is 5.75 Å². The number of para-hydroxylation sites is 1. The molecule has 2 aromatic carbocycles. The molecule has 0 bridgehead atoms. The lowest BCUT2D eigenvalue weighted by Crippen LogP contribution is -2.29. The number of benzene rings is 2. The number of hydrogen-bond donors (Lipinski definition) is 1. The molecule has 2 rings (SSSR count). The van der Waals surface area contributed by atoms with Gasteiger partial charge in [-0.3, -0.25) is 4.79 Å². The SMILES string of the molecule is C[C@@H](NC(=O)CO/N=C\c1ccccc1OC(F)F)c1ccccc1. The molecule has 0 aromatic heterocycles. The highest BCUT2D eigenvalue weighted by atomic mass is 19.3. The van der Waals surface area contributed by atoms with Crippen molar-refractivity contribution in [2.24, 2.45) is 5.16 Å². The molecular formula is C18H18F2N2O3. The van der Waals surface area contributed by atoms with Gasteiger partial charge in [0.05, 0.1) is 12.3 Å². The number of amides is 1. The van der Waals surface area contributed by atoms with Crippen molar-refractivity contribution in [3.63, 3.8) is 0 Å². The van der Waals surface area contributed by atoms with Gasteiger partial charge in [0.25, 0.3) is 5.91 Å². The molecule has 0 heterocycles. The zero-order chi connectivity index (χ0) is 18.1. The minimum absolute atomic E-state index is 0.0213. The summed E-state index contributed by atoms with van der Waals surface area (Å²) in [7, 11) is 0. The van der Waals surface area contributed by atoms with Crippen molar-refractivity contribution < 1.29 is 23.1 Å². The number of nitrogens with one attached hydrogen (secondary N) is 1. The third-order valence-corrected chi connectivity index (χ3v) is 3.27. The summed E-state index contributed by atoms with van der Waals surface area (Å²) in [5.74, 6) is -0.363. The third-order valence-electron chi connectivity index (χ3n) is 3.27. The molecule has 0 spiro atoms. The summed E-state index contributed by atoms with van der Waals surface area (Å²) in [5.41, 5.74) is 1.29. The van der Waals surface area contributed by atoms with Gasteiger partial charge in [-0.05, 0) is 24.6 Å². The minimum atomic E-state index is -2.93. The first-order valence-electron chi connectivity index (χ1n) is 7.59. The second-order valence-electron chi connectivity index (χ2n) is 5.12. The van der Waals surface area contributed by atoms with Crippen LogP contribution in [0, 0.1) is 0 Å². The quantitative estimate of drug-likeness (QED) is 0.587. The lowest BCUT2D eigenvalue weighted by atomic mass is 10.1. The lowest BCUT2D eigenvalue weighted by Gasteiger charge is -2.13. The molecule has 25 heavy (non-hydrogen) atoms. The maximum Gasteiger partial charge on any atom is 0.387 e. The van der Waals surface area contributed by atoms with E-state index in [0.29, 0.717) is 5.56 Å². The Morgan fingerprint density at radius 3 is 2.56 bits per heavy atom. The van der Waals surface area contributed by atoms with Gasteiger partial charge in [0.15, 0.2) is 6.61 Å². The fourth-order valence-electron chi connectivity index (χ4n) is 2.09. The van der Waals surface area contributed by atoms with Gasteiger partial charge >= 0.3 is 6.61 Å². The first-order valence-corrected chi connectivity index (χ1v) is 7.59. The molecule has 0 saturated carbocycles. The molecular weight excluding hydrogens is 330 g/mol. The molecule has 0 aliphatic carbocycles. The molecule has 1 amide bonds. The van der Waals surface area contributed by atoms with E-state index in [1.165, 1.54) is 12.3 Å². The number of rotatable bonds is 8. The van der Waals surface area contributed by atoms with Crippen LogP contribution in [0.25, 0.3) is 0 Å². The molecule has 0 aliphatic heterocycles. The third kappa shape index (κ3) is 6.21. The van der Waals surface area contributed by atoms with Crippen molar-refractivity contribution in [3.05, 3.63) is 65.7 Å². The molecule has 5 nitrogen and oxygen atoms in total. The van der Waals surface area contributed by atoms with Crippen LogP contribution in [0.3, 0.4) is 0 Å². The normalized spacial score (nSPS) is 12.2. The first kappa shape index (κ1) is 18.4. The van der Waals surface area contributed by atoms with E-state index < -0.39 is 6.61 Å². The number of carbonyl (C=O) groups is 1. The average Bonchev–Trinajstić information content (AvgIpc) is 2.60. The van der Waals surface area contributed by atoms with Crippen LogP contribution >= 0.6 is 0 Å². The predicted molar refractivity (Wildman–Crippen MR) is 89.6 cm³/mol. The van der Waals surface area contributed by atoms with Crippen LogP contribution in [0.2, 0.25) is 0 Å². The Hall–Kier alpha value is -2.96. The van der Waals surface area contributed by atoms with Crippen LogP contribution in [0.4, 0.5) is 8.78 Å². The Balaban J connectivity index is 1.82. The summed E-state index contributed by atoms with van der Waals surface area (Å²) in [6.45, 7) is -1.36. The van der Waals surface area contributed by atoms with Crippen molar-refractivity contribution in [1.29, 1.82) is 0 Å². The molecule has 2 aromatic rings. The van der Waals surface area contributed by atoms with E-state index in [1.54, 1.807) is 18.2 Å². The van der Waals surface area contributed by atoms with Crippen LogP contribution in [0.1, 0.15) is 24.1 Å². The fraction of sp³-hybridized carbons (Fsp3) is 0.222. The molecule has 132 valence electrons. The maximum absolute atomic E-state index is 12.3. The van der Waals surface area contributed by atoms with E-state index >= 15 is 0 Å². The van der Waals surface area contributed by atoms with E-state index in [9.17, 15) is 13.6 Å². The highest BCUT2D eigenvalue weighted by molar-refractivity contribution is 5.83. The second kappa shape index (κ2) is 9.36. The minimum Gasteiger partial charge on any atom is -0.434 e. The molecule has 1 atom stereocenters. The summed E-state index contributed by atoms with van der Waals surface area (Å²) in [6, 6.07) is 15.5. The van der Waals surface area contributed by atoms with E-state index in [2.05, 4.69) is 15.2 Å². The Morgan fingerprint density at radius 1 is 1.16 bits per heavy atom. The van der Waals surface area contributed by atoms with Crippen molar-refractivity contribution in [2.75, 3.05) is 6.61 Å². The molecule has 7 heteroatoms. The van der Waals surface area contributed by atoms with E-state index in [4.69, 9.17) is 4.84 Å². The number of hydrogen-bond acceptors (Lipinski definition) is 4. The summed E-state index contributed by atoms with van der Waals surface area (Å²) >= 11 is 0. The fourth-order valence-corrected chi connectivity index (χ4v) is 2.09. The number of oxime groups is 1. The molecule has 0 aliphatic rings. The first-order chi connectivity index (χ1) is 12.1. The summed E-state index contributed by atoms with van der Waals surface area (Å²) < 4.78 is 29.0. The Labute approximate surface area is 144 Å². The van der Waals surface area contributed by atoms with Gasteiger partial charge in [-0.15, -0.1) is 0 Å². The van der Waals surface area contributed by atoms with Gasteiger partial charge in [-0.2, -0.15) is 8.78 Å². The number of halogens is 2. The van der Waals surface area contributed by atoms with E-state index in [1.807, 2.05) is 37.3 Å². The Bertz CT molecular complexity index is 708. The van der Waals surface area contributed by atoms with Crippen LogP contribution < -0.4 is 10.1 Å². The number of ether oxygens (including phenoxy) is 1. The largest absolute Gasteiger partial charge is 0.434 e. The lowest BCUT2D eigenvalue weighted by molar-refractivity contribution is -0.126. The van der Waals surface area contributed by atoms with Crippen molar-refractivity contribution in [2.45, 2.75) is 19.6 Å².